The summed E-state index contributed by atoms with van der Waals surface area (Å²) in [5, 5.41) is 9.35. The van der Waals surface area contributed by atoms with Crippen LogP contribution in [0.1, 0.15) is 49.8 Å². The Balaban J connectivity index is 0.00000363. The van der Waals surface area contributed by atoms with E-state index in [4.69, 9.17) is 9.15 Å². The number of oxazole rings is 1. The molecule has 0 bridgehead atoms. The molecule has 0 fully saturated rings. The second-order valence-corrected chi connectivity index (χ2v) is 7.92. The van der Waals surface area contributed by atoms with Gasteiger partial charge in [0.1, 0.15) is 11.5 Å². The van der Waals surface area contributed by atoms with Crippen LogP contribution in [0.5, 0.6) is 5.75 Å². The van der Waals surface area contributed by atoms with Crippen LogP contribution < -0.4 is 4.74 Å². The summed E-state index contributed by atoms with van der Waals surface area (Å²) in [6, 6.07) is 14.1. The van der Waals surface area contributed by atoms with E-state index >= 15 is 0 Å². The fourth-order valence-corrected chi connectivity index (χ4v) is 3.64. The van der Waals surface area contributed by atoms with Gasteiger partial charge in [0.2, 0.25) is 5.89 Å². The number of aliphatic carboxylic acids is 1. The van der Waals surface area contributed by atoms with Crippen LogP contribution in [-0.2, 0) is 24.1 Å². The molecule has 0 unspecified atom stereocenters. The summed E-state index contributed by atoms with van der Waals surface area (Å²) in [6.07, 6.45) is 2.67. The highest BCUT2D eigenvalue weighted by Crippen LogP contribution is 2.24. The van der Waals surface area contributed by atoms with E-state index in [1.807, 2.05) is 56.3 Å². The molecule has 0 aliphatic carbocycles. The second-order valence-electron chi connectivity index (χ2n) is 7.92. The predicted molar refractivity (Wildman–Crippen MR) is 124 cm³/mol. The molecule has 1 aromatic heterocycles. The van der Waals surface area contributed by atoms with E-state index < -0.39 is 5.97 Å². The van der Waals surface area contributed by atoms with Gasteiger partial charge in [0.25, 0.3) is 0 Å². The van der Waals surface area contributed by atoms with Crippen molar-refractivity contribution in [3.05, 3.63) is 70.6 Å². The van der Waals surface area contributed by atoms with Crippen LogP contribution in [-0.4, -0.2) is 22.7 Å². The zero-order valence-electron chi connectivity index (χ0n) is 18.8. The average molecular weight is 424 g/mol. The number of aromatic nitrogens is 1. The van der Waals surface area contributed by atoms with E-state index in [9.17, 15) is 9.90 Å². The molecule has 1 atom stereocenters. The van der Waals surface area contributed by atoms with Crippen LogP contribution in [0.3, 0.4) is 0 Å². The number of hydrogen-bond donors (Lipinski definition) is 1. The minimum atomic E-state index is -0.738. The lowest BCUT2D eigenvalue weighted by atomic mass is 9.93. The zero-order valence-corrected chi connectivity index (χ0v) is 18.8. The molecule has 0 spiro atoms. The Bertz CT molecular complexity index is 1030. The summed E-state index contributed by atoms with van der Waals surface area (Å²) in [7, 11) is 0. The lowest BCUT2D eigenvalue weighted by molar-refractivity contribution is -0.141. The van der Waals surface area contributed by atoms with Crippen molar-refractivity contribution >= 4 is 5.97 Å². The number of hydrogen-bond acceptors (Lipinski definition) is 4. The highest BCUT2D eigenvalue weighted by Gasteiger charge is 2.17. The predicted octanol–water partition coefficient (Wildman–Crippen LogP) is 6.04. The number of carbonyl (C=O) groups is 1. The average Bonchev–Trinajstić information content (AvgIpc) is 3.13. The fourth-order valence-electron chi connectivity index (χ4n) is 3.64. The van der Waals surface area contributed by atoms with Crippen molar-refractivity contribution in [3.8, 4) is 17.2 Å². The molecule has 0 saturated carbocycles. The number of carboxylic acid groups (broad SMARTS) is 1. The first kappa shape index (κ1) is 22.6. The van der Waals surface area contributed by atoms with E-state index in [1.165, 1.54) is 5.56 Å². The molecule has 2 aromatic carbocycles. The number of rotatable bonds is 10. The number of carboxylic acids is 1. The molecule has 0 aliphatic rings. The van der Waals surface area contributed by atoms with E-state index in [-0.39, 0.29) is 7.34 Å². The van der Waals surface area contributed by atoms with Gasteiger partial charge in [-0.15, -0.1) is 0 Å². The Hall–Kier alpha value is -3.08. The third-order valence-electron chi connectivity index (χ3n) is 5.67. The lowest BCUT2D eigenvalue weighted by Gasteiger charge is -2.15. The lowest BCUT2D eigenvalue weighted by Crippen LogP contribution is -2.16. The van der Waals surface area contributed by atoms with Gasteiger partial charge in [0, 0.05) is 13.4 Å². The Morgan fingerprint density at radius 3 is 2.52 bits per heavy atom. The molecule has 166 valence electrons. The largest absolute Gasteiger partial charge is 0.493 e. The SMILES string of the molecule is CCc1cc(OCCc2nc(-c3ccc(C)cc3)oc2C)ccc1C[C@H](CC)C(=O)O.[HH]. The van der Waals surface area contributed by atoms with E-state index in [1.54, 1.807) is 0 Å². The third-order valence-corrected chi connectivity index (χ3v) is 5.67. The number of nitrogens with zero attached hydrogens (tertiary/aromatic N) is 1. The summed E-state index contributed by atoms with van der Waals surface area (Å²) < 4.78 is 11.8. The van der Waals surface area contributed by atoms with Gasteiger partial charge in [-0.2, -0.15) is 0 Å². The molecule has 5 heteroatoms. The molecular weight excluding hydrogens is 390 g/mol. The maximum atomic E-state index is 11.4. The number of ether oxygens (including phenoxy) is 1. The third kappa shape index (κ3) is 5.75. The first-order chi connectivity index (χ1) is 14.9. The van der Waals surface area contributed by atoms with Gasteiger partial charge in [-0.3, -0.25) is 4.79 Å². The molecular formula is C26H33NO4. The van der Waals surface area contributed by atoms with E-state index in [2.05, 4.69) is 18.8 Å². The maximum Gasteiger partial charge on any atom is 0.306 e. The van der Waals surface area contributed by atoms with Crippen LogP contribution >= 0.6 is 0 Å². The zero-order chi connectivity index (χ0) is 22.4. The maximum absolute atomic E-state index is 11.4. The first-order valence-corrected chi connectivity index (χ1v) is 10.9. The molecule has 0 amide bonds. The Morgan fingerprint density at radius 2 is 1.87 bits per heavy atom. The van der Waals surface area contributed by atoms with Gasteiger partial charge in [0.05, 0.1) is 18.2 Å². The molecule has 1 heterocycles. The topological polar surface area (TPSA) is 72.6 Å². The van der Waals surface area contributed by atoms with E-state index in [0.29, 0.717) is 31.8 Å². The van der Waals surface area contributed by atoms with Gasteiger partial charge < -0.3 is 14.3 Å². The Morgan fingerprint density at radius 1 is 1.13 bits per heavy atom. The molecule has 1 N–H and O–H groups in total. The summed E-state index contributed by atoms with van der Waals surface area (Å²) >= 11 is 0. The van der Waals surface area contributed by atoms with Gasteiger partial charge in [-0.05, 0) is 68.5 Å². The van der Waals surface area contributed by atoms with Crippen molar-refractivity contribution in [1.29, 1.82) is 0 Å². The van der Waals surface area contributed by atoms with Crippen LogP contribution in [0, 0.1) is 19.8 Å². The minimum absolute atomic E-state index is 0. The summed E-state index contributed by atoms with van der Waals surface area (Å²) in [4.78, 5) is 16.0. The van der Waals surface area contributed by atoms with Crippen molar-refractivity contribution in [2.45, 2.75) is 53.4 Å². The molecule has 5 nitrogen and oxygen atoms in total. The summed E-state index contributed by atoms with van der Waals surface area (Å²) in [5.74, 6) is 1.15. The molecule has 3 rings (SSSR count). The Labute approximate surface area is 185 Å². The van der Waals surface area contributed by atoms with Crippen molar-refractivity contribution < 1.29 is 20.5 Å². The first-order valence-electron chi connectivity index (χ1n) is 10.9. The van der Waals surface area contributed by atoms with Crippen molar-refractivity contribution in [2.75, 3.05) is 6.61 Å². The van der Waals surface area contributed by atoms with Crippen LogP contribution in [0.25, 0.3) is 11.5 Å². The van der Waals surface area contributed by atoms with Gasteiger partial charge in [-0.25, -0.2) is 4.98 Å². The number of benzene rings is 2. The second kappa shape index (κ2) is 10.3. The van der Waals surface area contributed by atoms with Crippen molar-refractivity contribution in [2.24, 2.45) is 5.92 Å². The molecule has 0 aliphatic heterocycles. The minimum Gasteiger partial charge on any atom is -0.493 e. The van der Waals surface area contributed by atoms with Gasteiger partial charge in [-0.1, -0.05) is 37.6 Å². The monoisotopic (exact) mass is 423 g/mol. The summed E-state index contributed by atoms with van der Waals surface area (Å²) in [5.41, 5.74) is 5.29. The van der Waals surface area contributed by atoms with Crippen molar-refractivity contribution in [3.63, 3.8) is 0 Å². The highest BCUT2D eigenvalue weighted by atomic mass is 16.5. The van der Waals surface area contributed by atoms with Gasteiger partial charge in [0.15, 0.2) is 0 Å². The quantitative estimate of drug-likeness (QED) is 0.430. The van der Waals surface area contributed by atoms with Gasteiger partial charge >= 0.3 is 5.97 Å². The van der Waals surface area contributed by atoms with Crippen LogP contribution in [0.4, 0.5) is 0 Å². The fraction of sp³-hybridized carbons (Fsp3) is 0.385. The van der Waals surface area contributed by atoms with Crippen molar-refractivity contribution in [1.82, 2.24) is 4.98 Å². The Kier molecular flexibility index (Phi) is 7.50. The van der Waals surface area contributed by atoms with Crippen LogP contribution in [0.15, 0.2) is 46.9 Å². The van der Waals surface area contributed by atoms with E-state index in [0.717, 1.165) is 40.3 Å². The molecule has 31 heavy (non-hydrogen) atoms. The molecule has 0 radical (unpaired) electrons. The normalized spacial score (nSPS) is 12.0. The van der Waals surface area contributed by atoms with Crippen LogP contribution in [0.2, 0.25) is 0 Å². The molecule has 3 aromatic rings. The smallest absolute Gasteiger partial charge is 0.306 e. The molecule has 0 saturated heterocycles. The standard InChI is InChI=1S/C26H31NO4.H2/c1-5-19-16-23(12-11-22(19)15-20(6-2)26(28)29)30-14-13-24-18(4)31-25(27-24)21-9-7-17(3)8-10-21;/h7-12,16,20H,5-6,13-15H2,1-4H3,(H,28,29);1H/t20-;/m0./s1. The highest BCUT2D eigenvalue weighted by molar-refractivity contribution is 5.70. The number of aryl methyl sites for hydroxylation is 3. The summed E-state index contributed by atoms with van der Waals surface area (Å²) in [6.45, 7) is 8.47.